The van der Waals surface area contributed by atoms with Gasteiger partial charge in [-0.3, -0.25) is 0 Å². The van der Waals surface area contributed by atoms with Gasteiger partial charge in [0, 0.05) is 27.6 Å². The van der Waals surface area contributed by atoms with Crippen LogP contribution in [-0.4, -0.2) is 10.1 Å². The highest BCUT2D eigenvalue weighted by atomic mass is 35.5. The fourth-order valence-corrected chi connectivity index (χ4v) is 3.90. The molecule has 2 nitrogen and oxygen atoms in total. The minimum Gasteiger partial charge on any atom is -0.506 e. The zero-order valence-corrected chi connectivity index (χ0v) is 17.3. The number of phenolic OH excluding ortho intramolecular Hbond substituents is 1. The van der Waals surface area contributed by atoms with Gasteiger partial charge in [0.2, 0.25) is 0 Å². The molecular formula is C28H18ClNO. The molecule has 0 atom stereocenters. The number of fused-ring (bicyclic) bond motifs is 1. The number of nitrogens with one attached hydrogen (secondary N) is 1. The smallest absolute Gasteiger partial charge is 0.134 e. The molecule has 1 aromatic heterocycles. The fourth-order valence-electron chi connectivity index (χ4n) is 3.72. The van der Waals surface area contributed by atoms with Crippen LogP contribution in [0, 0.1) is 11.8 Å². The minimum absolute atomic E-state index is 0.0703. The Morgan fingerprint density at radius 1 is 0.677 bits per heavy atom. The van der Waals surface area contributed by atoms with Crippen molar-refractivity contribution in [3.63, 3.8) is 0 Å². The van der Waals surface area contributed by atoms with Crippen molar-refractivity contribution >= 4 is 22.5 Å². The maximum atomic E-state index is 9.91. The van der Waals surface area contributed by atoms with Gasteiger partial charge >= 0.3 is 0 Å². The third kappa shape index (κ3) is 3.80. The van der Waals surface area contributed by atoms with Gasteiger partial charge in [0.05, 0.1) is 10.7 Å². The van der Waals surface area contributed by atoms with Crippen LogP contribution in [0.25, 0.3) is 33.3 Å². The average Bonchev–Trinajstić information content (AvgIpc) is 3.19. The topological polar surface area (TPSA) is 36.0 Å². The molecular weight excluding hydrogens is 402 g/mol. The van der Waals surface area contributed by atoms with Gasteiger partial charge in [0.15, 0.2) is 0 Å². The molecule has 31 heavy (non-hydrogen) atoms. The van der Waals surface area contributed by atoms with Crippen LogP contribution in [0.5, 0.6) is 5.75 Å². The highest BCUT2D eigenvalue weighted by Gasteiger charge is 2.16. The lowest BCUT2D eigenvalue weighted by atomic mass is 9.97. The lowest BCUT2D eigenvalue weighted by Crippen LogP contribution is -1.83. The van der Waals surface area contributed by atoms with E-state index in [1.165, 1.54) is 0 Å². The summed E-state index contributed by atoms with van der Waals surface area (Å²) in [5.74, 6) is 6.57. The van der Waals surface area contributed by atoms with E-state index in [0.717, 1.165) is 44.4 Å². The van der Waals surface area contributed by atoms with Crippen LogP contribution < -0.4 is 0 Å². The van der Waals surface area contributed by atoms with E-state index in [9.17, 15) is 5.11 Å². The normalized spacial score (nSPS) is 10.6. The molecule has 0 radical (unpaired) electrons. The van der Waals surface area contributed by atoms with Crippen LogP contribution in [0.1, 0.15) is 11.1 Å². The summed E-state index contributed by atoms with van der Waals surface area (Å²) >= 11 is 6.25. The summed E-state index contributed by atoms with van der Waals surface area (Å²) in [6, 6.07) is 31.6. The Balaban J connectivity index is 1.72. The molecule has 3 heteroatoms. The largest absolute Gasteiger partial charge is 0.506 e. The minimum atomic E-state index is 0.0703. The fraction of sp³-hybridized carbons (Fsp3) is 0. The summed E-state index contributed by atoms with van der Waals surface area (Å²) in [5, 5.41) is 11.3. The van der Waals surface area contributed by atoms with Crippen molar-refractivity contribution in [3.8, 4) is 40.0 Å². The first kappa shape index (κ1) is 19.1. The third-order valence-corrected chi connectivity index (χ3v) is 5.53. The maximum absolute atomic E-state index is 9.91. The van der Waals surface area contributed by atoms with E-state index in [1.54, 1.807) is 12.1 Å². The highest BCUT2D eigenvalue weighted by Crippen LogP contribution is 2.40. The number of phenols is 1. The number of hydrogen-bond acceptors (Lipinski definition) is 1. The predicted molar refractivity (Wildman–Crippen MR) is 128 cm³/mol. The molecule has 0 unspecified atom stereocenters. The first-order chi connectivity index (χ1) is 15.2. The number of halogens is 1. The van der Waals surface area contributed by atoms with Gasteiger partial charge < -0.3 is 10.1 Å². The summed E-state index contributed by atoms with van der Waals surface area (Å²) in [5.41, 5.74) is 6.98. The second-order valence-electron chi connectivity index (χ2n) is 7.28. The molecule has 0 spiro atoms. The van der Waals surface area contributed by atoms with Crippen LogP contribution in [-0.2, 0) is 0 Å². The Bertz CT molecular complexity index is 1440. The van der Waals surface area contributed by atoms with Crippen molar-refractivity contribution in [3.05, 3.63) is 113 Å². The van der Waals surface area contributed by atoms with Crippen molar-refractivity contribution in [2.24, 2.45) is 0 Å². The van der Waals surface area contributed by atoms with Gasteiger partial charge in [-0.2, -0.15) is 0 Å². The molecule has 2 N–H and O–H groups in total. The Morgan fingerprint density at radius 2 is 1.39 bits per heavy atom. The standard InChI is InChI=1S/C28H18ClNO/c29-24-18-22(14-16-26(24)31)27-23-17-20(12-11-19-7-3-1-4-8-19)13-15-25(23)30-28(27)21-9-5-2-6-10-21/h1-10,13-18,30-31H. The van der Waals surface area contributed by atoms with Crippen molar-refractivity contribution in [2.45, 2.75) is 0 Å². The van der Waals surface area contributed by atoms with Gasteiger partial charge in [0.1, 0.15) is 5.75 Å². The van der Waals surface area contributed by atoms with E-state index in [-0.39, 0.29) is 5.75 Å². The van der Waals surface area contributed by atoms with Crippen LogP contribution >= 0.6 is 11.6 Å². The number of benzene rings is 4. The Hall–Kier alpha value is -3.93. The molecule has 0 fully saturated rings. The summed E-state index contributed by atoms with van der Waals surface area (Å²) in [7, 11) is 0. The van der Waals surface area contributed by atoms with Crippen molar-refractivity contribution < 1.29 is 5.11 Å². The molecule has 4 aromatic carbocycles. The van der Waals surface area contributed by atoms with Crippen molar-refractivity contribution in [1.82, 2.24) is 4.98 Å². The molecule has 0 saturated heterocycles. The molecule has 0 aliphatic heterocycles. The second-order valence-corrected chi connectivity index (χ2v) is 7.69. The number of aromatic amines is 1. The molecule has 5 rings (SSSR count). The zero-order chi connectivity index (χ0) is 21.2. The van der Waals surface area contributed by atoms with Gasteiger partial charge in [0.25, 0.3) is 0 Å². The van der Waals surface area contributed by atoms with E-state index in [0.29, 0.717) is 5.02 Å². The summed E-state index contributed by atoms with van der Waals surface area (Å²) in [4.78, 5) is 3.56. The van der Waals surface area contributed by atoms with Gasteiger partial charge in [-0.15, -0.1) is 0 Å². The number of aromatic nitrogens is 1. The van der Waals surface area contributed by atoms with E-state index in [4.69, 9.17) is 11.6 Å². The number of H-pyrrole nitrogens is 1. The van der Waals surface area contributed by atoms with Crippen LogP contribution in [0.3, 0.4) is 0 Å². The first-order valence-electron chi connectivity index (χ1n) is 9.96. The summed E-state index contributed by atoms with van der Waals surface area (Å²) in [6.45, 7) is 0. The van der Waals surface area contributed by atoms with Crippen molar-refractivity contribution in [2.75, 3.05) is 0 Å². The second kappa shape index (κ2) is 8.07. The predicted octanol–water partition coefficient (Wildman–Crippen LogP) is 7.26. The van der Waals surface area contributed by atoms with Gasteiger partial charge in [-0.1, -0.05) is 78.0 Å². The van der Waals surface area contributed by atoms with E-state index in [1.807, 2.05) is 60.7 Å². The molecule has 0 aliphatic rings. The Labute approximate surface area is 185 Å². The number of hydrogen-bond donors (Lipinski definition) is 2. The zero-order valence-electron chi connectivity index (χ0n) is 16.6. The molecule has 0 bridgehead atoms. The van der Waals surface area contributed by atoms with E-state index < -0.39 is 0 Å². The highest BCUT2D eigenvalue weighted by molar-refractivity contribution is 6.32. The quantitative estimate of drug-likeness (QED) is 0.290. The SMILES string of the molecule is Oc1ccc(-c2c(-c3ccccc3)[nH]c3ccc(C#Cc4ccccc4)cc23)cc1Cl. The average molecular weight is 420 g/mol. The lowest BCUT2D eigenvalue weighted by molar-refractivity contribution is 0.475. The van der Waals surface area contributed by atoms with Crippen LogP contribution in [0.4, 0.5) is 0 Å². The summed E-state index contributed by atoms with van der Waals surface area (Å²) in [6.07, 6.45) is 0. The van der Waals surface area contributed by atoms with Crippen LogP contribution in [0.2, 0.25) is 5.02 Å². The van der Waals surface area contributed by atoms with Crippen LogP contribution in [0.15, 0.2) is 97.1 Å². The molecule has 0 saturated carbocycles. The number of aromatic hydroxyl groups is 1. The number of rotatable bonds is 2. The molecule has 0 aliphatic carbocycles. The maximum Gasteiger partial charge on any atom is 0.134 e. The summed E-state index contributed by atoms with van der Waals surface area (Å²) < 4.78 is 0. The first-order valence-corrected chi connectivity index (χ1v) is 10.3. The van der Waals surface area contributed by atoms with Gasteiger partial charge in [-0.25, -0.2) is 0 Å². The monoisotopic (exact) mass is 419 g/mol. The Morgan fingerprint density at radius 3 is 2.13 bits per heavy atom. The molecule has 1 heterocycles. The van der Waals surface area contributed by atoms with E-state index in [2.05, 4.69) is 41.1 Å². The molecule has 5 aromatic rings. The van der Waals surface area contributed by atoms with E-state index >= 15 is 0 Å². The Kier molecular flexibility index (Phi) is 4.96. The molecule has 148 valence electrons. The van der Waals surface area contributed by atoms with Crippen molar-refractivity contribution in [1.29, 1.82) is 0 Å². The lowest BCUT2D eigenvalue weighted by Gasteiger charge is -2.07. The van der Waals surface area contributed by atoms with Gasteiger partial charge in [-0.05, 0) is 53.6 Å². The third-order valence-electron chi connectivity index (χ3n) is 5.22. The molecule has 0 amide bonds.